The average molecular weight is 326 g/mol. The normalized spacial score (nSPS) is 10.6. The van der Waals surface area contributed by atoms with Crippen LogP contribution in [0.3, 0.4) is 0 Å². The van der Waals surface area contributed by atoms with Crippen molar-refractivity contribution in [3.8, 4) is 16.9 Å². The van der Waals surface area contributed by atoms with E-state index in [0.29, 0.717) is 17.1 Å². The standard InChI is InChI=1S/C19H15FO4/c1-12-15(10-18(24-12)19(21)22)11-23-17-7-5-13(6-8-17)14-3-2-4-16(20)9-14/h2-10H,11H2,1H3,(H,21,22). The van der Waals surface area contributed by atoms with Crippen LogP contribution in [0, 0.1) is 12.7 Å². The van der Waals surface area contributed by atoms with Gasteiger partial charge in [0.25, 0.3) is 0 Å². The zero-order chi connectivity index (χ0) is 17.1. The summed E-state index contributed by atoms with van der Waals surface area (Å²) >= 11 is 0. The Morgan fingerprint density at radius 3 is 2.50 bits per heavy atom. The van der Waals surface area contributed by atoms with Crippen LogP contribution in [0.15, 0.2) is 59.0 Å². The third-order valence-electron chi connectivity index (χ3n) is 3.64. The molecule has 4 nitrogen and oxygen atoms in total. The van der Waals surface area contributed by atoms with Crippen LogP contribution in [-0.4, -0.2) is 11.1 Å². The van der Waals surface area contributed by atoms with Crippen LogP contribution in [-0.2, 0) is 6.61 Å². The molecule has 0 aliphatic carbocycles. The molecule has 0 spiro atoms. The van der Waals surface area contributed by atoms with Crippen LogP contribution in [0.5, 0.6) is 5.75 Å². The van der Waals surface area contributed by atoms with Crippen molar-refractivity contribution < 1.29 is 23.4 Å². The van der Waals surface area contributed by atoms with E-state index in [1.165, 1.54) is 18.2 Å². The molecule has 1 aromatic heterocycles. The first-order chi connectivity index (χ1) is 11.5. The van der Waals surface area contributed by atoms with Gasteiger partial charge in [-0.15, -0.1) is 0 Å². The highest BCUT2D eigenvalue weighted by Gasteiger charge is 2.13. The van der Waals surface area contributed by atoms with Crippen LogP contribution < -0.4 is 4.74 Å². The monoisotopic (exact) mass is 326 g/mol. The summed E-state index contributed by atoms with van der Waals surface area (Å²) in [5.74, 6) is -0.342. The summed E-state index contributed by atoms with van der Waals surface area (Å²) in [6.45, 7) is 1.90. The number of carboxylic acids is 1. The largest absolute Gasteiger partial charge is 0.489 e. The molecular weight excluding hydrogens is 311 g/mol. The summed E-state index contributed by atoms with van der Waals surface area (Å²) in [4.78, 5) is 10.9. The maximum atomic E-state index is 13.3. The number of aryl methyl sites for hydroxylation is 1. The Morgan fingerprint density at radius 2 is 1.88 bits per heavy atom. The molecule has 0 radical (unpaired) electrons. The van der Waals surface area contributed by atoms with E-state index in [9.17, 15) is 9.18 Å². The molecule has 0 unspecified atom stereocenters. The first-order valence-corrected chi connectivity index (χ1v) is 7.34. The summed E-state index contributed by atoms with van der Waals surface area (Å²) in [6, 6.07) is 15.1. The molecule has 0 aliphatic rings. The second kappa shape index (κ2) is 6.58. The van der Waals surface area contributed by atoms with Gasteiger partial charge in [0.2, 0.25) is 5.76 Å². The summed E-state index contributed by atoms with van der Waals surface area (Å²) < 4.78 is 24.1. The molecule has 0 fully saturated rings. The number of benzene rings is 2. The number of rotatable bonds is 5. The van der Waals surface area contributed by atoms with E-state index in [-0.39, 0.29) is 18.2 Å². The Balaban J connectivity index is 1.69. The van der Waals surface area contributed by atoms with E-state index in [1.54, 1.807) is 25.1 Å². The van der Waals surface area contributed by atoms with E-state index >= 15 is 0 Å². The molecule has 24 heavy (non-hydrogen) atoms. The van der Waals surface area contributed by atoms with E-state index < -0.39 is 5.97 Å². The van der Waals surface area contributed by atoms with Crippen LogP contribution >= 0.6 is 0 Å². The fourth-order valence-corrected chi connectivity index (χ4v) is 2.34. The van der Waals surface area contributed by atoms with Crippen LogP contribution in [0.1, 0.15) is 21.9 Å². The molecule has 0 saturated heterocycles. The molecule has 0 atom stereocenters. The van der Waals surface area contributed by atoms with Gasteiger partial charge in [0, 0.05) is 5.56 Å². The van der Waals surface area contributed by atoms with Crippen LogP contribution in [0.2, 0.25) is 0 Å². The number of hydrogen-bond donors (Lipinski definition) is 1. The number of hydrogen-bond acceptors (Lipinski definition) is 3. The molecule has 1 N–H and O–H groups in total. The van der Waals surface area contributed by atoms with Gasteiger partial charge >= 0.3 is 5.97 Å². The summed E-state index contributed by atoms with van der Waals surface area (Å²) in [6.07, 6.45) is 0. The molecule has 5 heteroatoms. The maximum absolute atomic E-state index is 13.3. The number of furan rings is 1. The third-order valence-corrected chi connectivity index (χ3v) is 3.64. The van der Waals surface area contributed by atoms with Gasteiger partial charge in [-0.25, -0.2) is 9.18 Å². The molecule has 0 amide bonds. The van der Waals surface area contributed by atoms with Gasteiger partial charge in [-0.1, -0.05) is 24.3 Å². The van der Waals surface area contributed by atoms with Crippen molar-refractivity contribution >= 4 is 5.97 Å². The van der Waals surface area contributed by atoms with Crippen molar-refractivity contribution in [2.24, 2.45) is 0 Å². The molecule has 0 saturated carbocycles. The molecule has 3 rings (SSSR count). The quantitative estimate of drug-likeness (QED) is 0.740. The fourth-order valence-electron chi connectivity index (χ4n) is 2.34. The lowest BCUT2D eigenvalue weighted by molar-refractivity contribution is 0.0661. The molecule has 122 valence electrons. The Kier molecular flexibility index (Phi) is 4.33. The number of carboxylic acid groups (broad SMARTS) is 1. The van der Waals surface area contributed by atoms with E-state index in [2.05, 4.69) is 0 Å². The van der Waals surface area contributed by atoms with Crippen molar-refractivity contribution in [1.29, 1.82) is 0 Å². The minimum absolute atomic E-state index is 0.104. The first kappa shape index (κ1) is 15.8. The van der Waals surface area contributed by atoms with Gasteiger partial charge < -0.3 is 14.3 Å². The van der Waals surface area contributed by atoms with E-state index in [0.717, 1.165) is 11.1 Å². The van der Waals surface area contributed by atoms with Gasteiger partial charge in [0.05, 0.1) is 0 Å². The minimum atomic E-state index is -1.11. The van der Waals surface area contributed by atoms with E-state index in [4.69, 9.17) is 14.3 Å². The SMILES string of the molecule is Cc1oc(C(=O)O)cc1COc1ccc(-c2cccc(F)c2)cc1. The zero-order valence-electron chi connectivity index (χ0n) is 13.0. The predicted octanol–water partition coefficient (Wildman–Crippen LogP) is 4.67. The first-order valence-electron chi connectivity index (χ1n) is 7.34. The predicted molar refractivity (Wildman–Crippen MR) is 86.6 cm³/mol. The topological polar surface area (TPSA) is 59.7 Å². The smallest absolute Gasteiger partial charge is 0.371 e. The molecular formula is C19H15FO4. The van der Waals surface area contributed by atoms with Crippen molar-refractivity contribution in [3.05, 3.63) is 77.5 Å². The zero-order valence-corrected chi connectivity index (χ0v) is 13.0. The van der Waals surface area contributed by atoms with Gasteiger partial charge in [-0.3, -0.25) is 0 Å². The van der Waals surface area contributed by atoms with Crippen LogP contribution in [0.4, 0.5) is 4.39 Å². The summed E-state index contributed by atoms with van der Waals surface area (Å²) in [7, 11) is 0. The Hall–Kier alpha value is -3.08. The van der Waals surface area contributed by atoms with Gasteiger partial charge in [0.1, 0.15) is 23.9 Å². The number of aromatic carboxylic acids is 1. The highest BCUT2D eigenvalue weighted by molar-refractivity contribution is 5.84. The molecule has 2 aromatic carbocycles. The number of ether oxygens (including phenoxy) is 1. The maximum Gasteiger partial charge on any atom is 0.371 e. The summed E-state index contributed by atoms with van der Waals surface area (Å²) in [5.41, 5.74) is 2.36. The van der Waals surface area contributed by atoms with E-state index in [1.807, 2.05) is 18.2 Å². The minimum Gasteiger partial charge on any atom is -0.489 e. The van der Waals surface area contributed by atoms with Crippen molar-refractivity contribution in [2.45, 2.75) is 13.5 Å². The molecule has 0 aliphatic heterocycles. The number of carbonyl (C=O) groups is 1. The highest BCUT2D eigenvalue weighted by Crippen LogP contribution is 2.24. The lowest BCUT2D eigenvalue weighted by Gasteiger charge is -2.07. The Bertz CT molecular complexity index is 865. The van der Waals surface area contributed by atoms with Crippen LogP contribution in [0.25, 0.3) is 11.1 Å². The molecule has 3 aromatic rings. The average Bonchev–Trinajstić information content (AvgIpc) is 2.95. The van der Waals surface area contributed by atoms with Crippen molar-refractivity contribution in [2.75, 3.05) is 0 Å². The lowest BCUT2D eigenvalue weighted by Crippen LogP contribution is -1.96. The highest BCUT2D eigenvalue weighted by atomic mass is 19.1. The summed E-state index contributed by atoms with van der Waals surface area (Å²) in [5, 5.41) is 8.90. The second-order valence-electron chi connectivity index (χ2n) is 5.32. The Labute approximate surface area is 138 Å². The molecule has 0 bridgehead atoms. The Morgan fingerprint density at radius 1 is 1.12 bits per heavy atom. The van der Waals surface area contributed by atoms with Gasteiger partial charge in [-0.05, 0) is 48.4 Å². The lowest BCUT2D eigenvalue weighted by atomic mass is 10.1. The fraction of sp³-hybridized carbons (Fsp3) is 0.105. The van der Waals surface area contributed by atoms with Gasteiger partial charge in [0.15, 0.2) is 0 Å². The second-order valence-corrected chi connectivity index (χ2v) is 5.32. The third kappa shape index (κ3) is 3.46. The number of halogens is 1. The van der Waals surface area contributed by atoms with Gasteiger partial charge in [-0.2, -0.15) is 0 Å². The van der Waals surface area contributed by atoms with Crippen molar-refractivity contribution in [1.82, 2.24) is 0 Å². The van der Waals surface area contributed by atoms with Crippen molar-refractivity contribution in [3.63, 3.8) is 0 Å². The molecule has 1 heterocycles.